The molecule has 0 radical (unpaired) electrons. The summed E-state index contributed by atoms with van der Waals surface area (Å²) in [6.45, 7) is 1.30. The third kappa shape index (κ3) is 5.00. The highest BCUT2D eigenvalue weighted by Gasteiger charge is 2.24. The van der Waals surface area contributed by atoms with Crippen LogP contribution >= 0.6 is 23.2 Å². The Morgan fingerprint density at radius 3 is 2.50 bits per heavy atom. The average molecular weight is 320 g/mol. The number of aryl methyl sites for hydroxylation is 1. The van der Waals surface area contributed by atoms with Gasteiger partial charge in [-0.3, -0.25) is 4.79 Å². The average Bonchev–Trinajstić information content (AvgIpc) is 2.34. The van der Waals surface area contributed by atoms with E-state index in [4.69, 9.17) is 28.3 Å². The van der Waals surface area contributed by atoms with Crippen LogP contribution in [0.5, 0.6) is 0 Å². The highest BCUT2D eigenvalue weighted by molar-refractivity contribution is 6.35. The normalized spacial score (nSPS) is 13.6. The largest absolute Gasteiger partial charge is 0.480 e. The standard InChI is InChI=1S/C13H15Cl2NO4/c1-7(17)12(13(19)20)16-11(18)5-3-8-2-4-9(14)6-10(8)15/h2,4,6-7,12,17H,3,5H2,1H3,(H,16,18)(H,19,20)/t7-,12+/m1/s1. The molecule has 0 fully saturated rings. The maximum Gasteiger partial charge on any atom is 0.328 e. The summed E-state index contributed by atoms with van der Waals surface area (Å²) in [6, 6.07) is 3.63. The monoisotopic (exact) mass is 319 g/mol. The molecule has 5 nitrogen and oxygen atoms in total. The van der Waals surface area contributed by atoms with Crippen LogP contribution in [0.3, 0.4) is 0 Å². The van der Waals surface area contributed by atoms with Gasteiger partial charge in [0.25, 0.3) is 0 Å². The van der Waals surface area contributed by atoms with E-state index in [0.717, 1.165) is 5.56 Å². The van der Waals surface area contributed by atoms with Gasteiger partial charge in [-0.05, 0) is 31.0 Å². The molecule has 0 aromatic heterocycles. The van der Waals surface area contributed by atoms with Gasteiger partial charge in [0.2, 0.25) is 5.91 Å². The van der Waals surface area contributed by atoms with Gasteiger partial charge in [-0.15, -0.1) is 0 Å². The zero-order valence-corrected chi connectivity index (χ0v) is 12.3. The molecule has 2 atom stereocenters. The Morgan fingerprint density at radius 2 is 2.00 bits per heavy atom. The van der Waals surface area contributed by atoms with E-state index in [1.807, 2.05) is 0 Å². The molecule has 1 rings (SSSR count). The predicted octanol–water partition coefficient (Wildman–Crippen LogP) is 1.88. The van der Waals surface area contributed by atoms with Gasteiger partial charge in [-0.2, -0.15) is 0 Å². The number of hydrogen-bond acceptors (Lipinski definition) is 3. The first-order valence-electron chi connectivity index (χ1n) is 5.95. The second-order valence-electron chi connectivity index (χ2n) is 4.36. The molecule has 0 spiro atoms. The van der Waals surface area contributed by atoms with Crippen molar-refractivity contribution in [3.05, 3.63) is 33.8 Å². The van der Waals surface area contributed by atoms with Crippen LogP contribution in [-0.2, 0) is 16.0 Å². The predicted molar refractivity (Wildman–Crippen MR) is 76.0 cm³/mol. The highest BCUT2D eigenvalue weighted by atomic mass is 35.5. The summed E-state index contributed by atoms with van der Waals surface area (Å²) in [5.74, 6) is -1.75. The molecule has 0 saturated heterocycles. The lowest BCUT2D eigenvalue weighted by atomic mass is 10.1. The van der Waals surface area contributed by atoms with Crippen molar-refractivity contribution in [1.29, 1.82) is 0 Å². The van der Waals surface area contributed by atoms with E-state index in [1.54, 1.807) is 18.2 Å². The van der Waals surface area contributed by atoms with Crippen molar-refractivity contribution in [3.8, 4) is 0 Å². The first-order chi connectivity index (χ1) is 9.31. The Kier molecular flexibility index (Phi) is 6.26. The van der Waals surface area contributed by atoms with E-state index in [0.29, 0.717) is 16.5 Å². The molecule has 0 bridgehead atoms. The third-order valence-electron chi connectivity index (χ3n) is 2.70. The smallest absolute Gasteiger partial charge is 0.328 e. The highest BCUT2D eigenvalue weighted by Crippen LogP contribution is 2.22. The number of halogens is 2. The molecule has 1 aromatic rings. The zero-order chi connectivity index (χ0) is 15.3. The molecule has 1 aromatic carbocycles. The minimum Gasteiger partial charge on any atom is -0.480 e. The van der Waals surface area contributed by atoms with Crippen molar-refractivity contribution in [2.75, 3.05) is 0 Å². The number of benzene rings is 1. The molecule has 0 heterocycles. The quantitative estimate of drug-likeness (QED) is 0.747. The van der Waals surface area contributed by atoms with Crippen LogP contribution in [0.2, 0.25) is 10.0 Å². The topological polar surface area (TPSA) is 86.6 Å². The molecule has 1 amide bonds. The fourth-order valence-corrected chi connectivity index (χ4v) is 2.11. The lowest BCUT2D eigenvalue weighted by molar-refractivity contribution is -0.144. The number of carbonyl (C=O) groups excluding carboxylic acids is 1. The molecular formula is C13H15Cl2NO4. The van der Waals surface area contributed by atoms with Gasteiger partial charge in [0.05, 0.1) is 6.10 Å². The summed E-state index contributed by atoms with van der Waals surface area (Å²) in [5, 5.41) is 21.3. The van der Waals surface area contributed by atoms with E-state index in [1.165, 1.54) is 6.92 Å². The molecule has 7 heteroatoms. The van der Waals surface area contributed by atoms with E-state index < -0.39 is 24.0 Å². The molecule has 0 unspecified atom stereocenters. The fourth-order valence-electron chi connectivity index (χ4n) is 1.61. The van der Waals surface area contributed by atoms with Crippen LogP contribution in [0.25, 0.3) is 0 Å². The number of rotatable bonds is 6. The Morgan fingerprint density at radius 1 is 1.35 bits per heavy atom. The number of carboxylic acids is 1. The number of carboxylic acid groups (broad SMARTS) is 1. The summed E-state index contributed by atoms with van der Waals surface area (Å²) in [7, 11) is 0. The molecule has 0 aliphatic heterocycles. The Bertz CT molecular complexity index is 505. The minimum absolute atomic E-state index is 0.0673. The van der Waals surface area contributed by atoms with Crippen molar-refractivity contribution in [2.45, 2.75) is 31.9 Å². The number of nitrogens with one attached hydrogen (secondary N) is 1. The van der Waals surface area contributed by atoms with Crippen LogP contribution in [0, 0.1) is 0 Å². The number of aliphatic carboxylic acids is 1. The van der Waals surface area contributed by atoms with Crippen LogP contribution < -0.4 is 5.32 Å². The second kappa shape index (κ2) is 7.47. The van der Waals surface area contributed by atoms with Crippen LogP contribution in [0.1, 0.15) is 18.9 Å². The number of aliphatic hydroxyl groups is 1. The van der Waals surface area contributed by atoms with Crippen molar-refractivity contribution < 1.29 is 19.8 Å². The van der Waals surface area contributed by atoms with Gasteiger partial charge in [0, 0.05) is 16.5 Å². The van der Waals surface area contributed by atoms with E-state index in [9.17, 15) is 14.7 Å². The van der Waals surface area contributed by atoms with Crippen molar-refractivity contribution in [2.24, 2.45) is 0 Å². The second-order valence-corrected chi connectivity index (χ2v) is 5.20. The number of amides is 1. The first-order valence-corrected chi connectivity index (χ1v) is 6.71. The Balaban J connectivity index is 2.57. The van der Waals surface area contributed by atoms with Crippen LogP contribution in [0.15, 0.2) is 18.2 Å². The summed E-state index contributed by atoms with van der Waals surface area (Å²) >= 11 is 11.7. The molecular weight excluding hydrogens is 305 g/mol. The summed E-state index contributed by atoms with van der Waals surface area (Å²) in [4.78, 5) is 22.5. The van der Waals surface area contributed by atoms with Gasteiger partial charge in [0.15, 0.2) is 6.04 Å². The maximum absolute atomic E-state index is 11.7. The number of carbonyl (C=O) groups is 2. The van der Waals surface area contributed by atoms with Crippen LogP contribution in [-0.4, -0.2) is 34.2 Å². The molecule has 110 valence electrons. The minimum atomic E-state index is -1.32. The summed E-state index contributed by atoms with van der Waals surface area (Å²) < 4.78 is 0. The molecule has 20 heavy (non-hydrogen) atoms. The van der Waals surface area contributed by atoms with Gasteiger partial charge in [-0.1, -0.05) is 29.3 Å². The number of hydrogen-bond donors (Lipinski definition) is 3. The number of aliphatic hydroxyl groups excluding tert-OH is 1. The van der Waals surface area contributed by atoms with Gasteiger partial charge >= 0.3 is 5.97 Å². The SMILES string of the molecule is C[C@@H](O)[C@H](NC(=O)CCc1ccc(Cl)cc1Cl)C(=O)O. The van der Waals surface area contributed by atoms with Gasteiger partial charge < -0.3 is 15.5 Å². The molecule has 3 N–H and O–H groups in total. The maximum atomic E-state index is 11.7. The van der Waals surface area contributed by atoms with Crippen LogP contribution in [0.4, 0.5) is 0 Å². The van der Waals surface area contributed by atoms with E-state index >= 15 is 0 Å². The zero-order valence-electron chi connectivity index (χ0n) is 10.8. The van der Waals surface area contributed by atoms with E-state index in [-0.39, 0.29) is 6.42 Å². The van der Waals surface area contributed by atoms with E-state index in [2.05, 4.69) is 5.32 Å². The van der Waals surface area contributed by atoms with Gasteiger partial charge in [0.1, 0.15) is 0 Å². The molecule has 0 aliphatic carbocycles. The molecule has 0 saturated carbocycles. The third-order valence-corrected chi connectivity index (χ3v) is 3.29. The van der Waals surface area contributed by atoms with Crippen molar-refractivity contribution >= 4 is 35.1 Å². The molecule has 0 aliphatic rings. The summed E-state index contributed by atoms with van der Waals surface area (Å²) in [5.41, 5.74) is 0.745. The lowest BCUT2D eigenvalue weighted by Crippen LogP contribution is -2.47. The fraction of sp³-hybridized carbons (Fsp3) is 0.385. The first kappa shape index (κ1) is 16.8. The van der Waals surface area contributed by atoms with Gasteiger partial charge in [-0.25, -0.2) is 4.79 Å². The lowest BCUT2D eigenvalue weighted by Gasteiger charge is -2.17. The van der Waals surface area contributed by atoms with Crippen molar-refractivity contribution in [3.63, 3.8) is 0 Å². The van der Waals surface area contributed by atoms with Crippen molar-refractivity contribution in [1.82, 2.24) is 5.32 Å². The Hall–Kier alpha value is -1.30. The Labute approximate surface area is 126 Å². The summed E-state index contributed by atoms with van der Waals surface area (Å²) in [6.07, 6.45) is -0.748.